The first-order chi connectivity index (χ1) is 9.00. The van der Waals surface area contributed by atoms with Crippen molar-refractivity contribution in [2.24, 2.45) is 23.2 Å². The number of ether oxygens (including phenoxy) is 1. The highest BCUT2D eigenvalue weighted by Gasteiger charge is 2.49. The van der Waals surface area contributed by atoms with Crippen LogP contribution in [0.1, 0.15) is 32.6 Å². The van der Waals surface area contributed by atoms with Crippen LogP contribution in [0.2, 0.25) is 0 Å². The van der Waals surface area contributed by atoms with Crippen LogP contribution in [0.3, 0.4) is 0 Å². The summed E-state index contributed by atoms with van der Waals surface area (Å²) >= 11 is 0. The van der Waals surface area contributed by atoms with Crippen LogP contribution < -0.4 is 5.32 Å². The summed E-state index contributed by atoms with van der Waals surface area (Å²) in [4.78, 5) is 23.7. The van der Waals surface area contributed by atoms with E-state index >= 15 is 0 Å². The van der Waals surface area contributed by atoms with Gasteiger partial charge < -0.3 is 15.2 Å². The third-order valence-electron chi connectivity index (χ3n) is 5.34. The van der Waals surface area contributed by atoms with Gasteiger partial charge in [-0.3, -0.25) is 9.59 Å². The van der Waals surface area contributed by atoms with Gasteiger partial charge in [-0.1, -0.05) is 6.42 Å². The molecule has 0 aromatic carbocycles. The second kappa shape index (κ2) is 4.47. The highest BCUT2D eigenvalue weighted by molar-refractivity contribution is 5.82. The van der Waals surface area contributed by atoms with Crippen molar-refractivity contribution in [3.8, 4) is 0 Å². The van der Waals surface area contributed by atoms with Crippen LogP contribution in [0.5, 0.6) is 0 Å². The molecule has 0 aromatic rings. The van der Waals surface area contributed by atoms with Crippen LogP contribution in [0.15, 0.2) is 0 Å². The van der Waals surface area contributed by atoms with E-state index in [9.17, 15) is 14.7 Å². The topological polar surface area (TPSA) is 75.6 Å². The van der Waals surface area contributed by atoms with Gasteiger partial charge in [-0.15, -0.1) is 0 Å². The van der Waals surface area contributed by atoms with Gasteiger partial charge in [-0.05, 0) is 38.0 Å². The maximum absolute atomic E-state index is 12.3. The van der Waals surface area contributed by atoms with Crippen LogP contribution in [0, 0.1) is 23.2 Å². The lowest BCUT2D eigenvalue weighted by Gasteiger charge is -2.28. The van der Waals surface area contributed by atoms with Gasteiger partial charge in [0.2, 0.25) is 5.91 Å². The van der Waals surface area contributed by atoms with E-state index in [1.807, 2.05) is 0 Å². The molecule has 2 N–H and O–H groups in total. The number of amides is 1. The zero-order valence-corrected chi connectivity index (χ0v) is 11.2. The summed E-state index contributed by atoms with van der Waals surface area (Å²) in [6.45, 7) is 2.12. The summed E-state index contributed by atoms with van der Waals surface area (Å²) in [7, 11) is 0. The highest BCUT2D eigenvalue weighted by atomic mass is 16.5. The van der Waals surface area contributed by atoms with E-state index < -0.39 is 17.4 Å². The molecular formula is C14H21NO4. The normalized spacial score (nSPS) is 44.5. The molecule has 5 atom stereocenters. The molecule has 5 nitrogen and oxygen atoms in total. The van der Waals surface area contributed by atoms with E-state index in [-0.39, 0.29) is 18.4 Å². The first kappa shape index (κ1) is 12.9. The molecule has 0 radical (unpaired) electrons. The molecule has 106 valence electrons. The molecule has 2 saturated carbocycles. The highest BCUT2D eigenvalue weighted by Crippen LogP contribution is 2.48. The number of carboxylic acids is 1. The standard InChI is InChI=1S/C14H21NO4/c1-14(13(17)18)7-19-6-11(14)15-12(16)10-5-8-2-3-9(10)4-8/h8-11H,2-7H2,1H3,(H,15,16)(H,17,18). The van der Waals surface area contributed by atoms with E-state index in [0.29, 0.717) is 18.4 Å². The van der Waals surface area contributed by atoms with Crippen molar-refractivity contribution in [1.82, 2.24) is 5.32 Å². The lowest BCUT2D eigenvalue weighted by molar-refractivity contribution is -0.149. The van der Waals surface area contributed by atoms with Gasteiger partial charge in [0, 0.05) is 5.92 Å². The first-order valence-electron chi connectivity index (χ1n) is 7.12. The van der Waals surface area contributed by atoms with Crippen molar-refractivity contribution < 1.29 is 19.4 Å². The van der Waals surface area contributed by atoms with E-state index in [2.05, 4.69) is 5.32 Å². The van der Waals surface area contributed by atoms with Crippen molar-refractivity contribution in [2.45, 2.75) is 38.6 Å². The molecule has 0 spiro atoms. The Labute approximate surface area is 112 Å². The number of nitrogens with one attached hydrogen (secondary N) is 1. The van der Waals surface area contributed by atoms with Gasteiger partial charge in [-0.2, -0.15) is 0 Å². The van der Waals surface area contributed by atoms with Crippen LogP contribution in [0.25, 0.3) is 0 Å². The third kappa shape index (κ3) is 2.04. The Kier molecular flexibility index (Phi) is 3.04. The van der Waals surface area contributed by atoms with Crippen LogP contribution >= 0.6 is 0 Å². The van der Waals surface area contributed by atoms with Crippen molar-refractivity contribution in [2.75, 3.05) is 13.2 Å². The molecule has 1 aliphatic heterocycles. The zero-order chi connectivity index (χ0) is 13.6. The molecule has 1 saturated heterocycles. The largest absolute Gasteiger partial charge is 0.481 e. The summed E-state index contributed by atoms with van der Waals surface area (Å²) < 4.78 is 5.26. The minimum atomic E-state index is -0.993. The maximum Gasteiger partial charge on any atom is 0.313 e. The van der Waals surface area contributed by atoms with Gasteiger partial charge in [0.15, 0.2) is 0 Å². The molecule has 5 unspecified atom stereocenters. The number of rotatable bonds is 3. The molecule has 2 aliphatic carbocycles. The number of aliphatic carboxylic acids is 1. The molecule has 3 fully saturated rings. The average Bonchev–Trinajstić information content (AvgIpc) is 3.05. The van der Waals surface area contributed by atoms with Crippen molar-refractivity contribution >= 4 is 11.9 Å². The molecular weight excluding hydrogens is 246 g/mol. The summed E-state index contributed by atoms with van der Waals surface area (Å²) in [5.74, 6) is 0.464. The monoisotopic (exact) mass is 267 g/mol. The molecule has 1 heterocycles. The average molecular weight is 267 g/mol. The SMILES string of the molecule is CC1(C(=O)O)COCC1NC(=O)C1CC2CCC1C2. The van der Waals surface area contributed by atoms with Gasteiger partial charge >= 0.3 is 5.97 Å². The lowest BCUT2D eigenvalue weighted by Crippen LogP contribution is -2.51. The Bertz CT molecular complexity index is 410. The fraction of sp³-hybridized carbons (Fsp3) is 0.857. The number of fused-ring (bicyclic) bond motifs is 2. The van der Waals surface area contributed by atoms with Gasteiger partial charge in [0.25, 0.3) is 0 Å². The van der Waals surface area contributed by atoms with E-state index in [1.54, 1.807) is 6.92 Å². The molecule has 3 aliphatic rings. The van der Waals surface area contributed by atoms with Crippen LogP contribution in [-0.4, -0.2) is 36.2 Å². The van der Waals surface area contributed by atoms with Gasteiger partial charge in [-0.25, -0.2) is 0 Å². The summed E-state index contributed by atoms with van der Waals surface area (Å²) in [6, 6.07) is -0.406. The number of carboxylic acid groups (broad SMARTS) is 1. The number of carbonyl (C=O) groups is 2. The number of hydrogen-bond acceptors (Lipinski definition) is 3. The number of hydrogen-bond donors (Lipinski definition) is 2. The van der Waals surface area contributed by atoms with Crippen molar-refractivity contribution in [3.05, 3.63) is 0 Å². The molecule has 1 amide bonds. The fourth-order valence-corrected chi connectivity index (χ4v) is 3.93. The minimum Gasteiger partial charge on any atom is -0.481 e. The van der Waals surface area contributed by atoms with Gasteiger partial charge in [0.05, 0.1) is 19.3 Å². The molecule has 2 bridgehead atoms. The molecule has 0 aromatic heterocycles. The molecule has 5 heteroatoms. The minimum absolute atomic E-state index is 0.0372. The Morgan fingerprint density at radius 2 is 2.11 bits per heavy atom. The van der Waals surface area contributed by atoms with E-state index in [4.69, 9.17) is 4.74 Å². The van der Waals surface area contributed by atoms with Crippen molar-refractivity contribution in [3.63, 3.8) is 0 Å². The first-order valence-corrected chi connectivity index (χ1v) is 7.12. The Morgan fingerprint density at radius 3 is 2.68 bits per heavy atom. The van der Waals surface area contributed by atoms with Crippen molar-refractivity contribution in [1.29, 1.82) is 0 Å². The number of carbonyl (C=O) groups excluding carboxylic acids is 1. The Hall–Kier alpha value is -1.10. The zero-order valence-electron chi connectivity index (χ0n) is 11.2. The predicted octanol–water partition coefficient (Wildman–Crippen LogP) is 1.03. The second-order valence-corrected chi connectivity index (χ2v) is 6.58. The Morgan fingerprint density at radius 1 is 1.32 bits per heavy atom. The smallest absolute Gasteiger partial charge is 0.313 e. The van der Waals surface area contributed by atoms with E-state index in [1.165, 1.54) is 12.8 Å². The maximum atomic E-state index is 12.3. The van der Waals surface area contributed by atoms with E-state index in [0.717, 1.165) is 12.8 Å². The Balaban J connectivity index is 1.65. The second-order valence-electron chi connectivity index (χ2n) is 6.58. The molecule has 19 heavy (non-hydrogen) atoms. The van der Waals surface area contributed by atoms with Crippen LogP contribution in [-0.2, 0) is 14.3 Å². The lowest BCUT2D eigenvalue weighted by atomic mass is 9.83. The predicted molar refractivity (Wildman–Crippen MR) is 67.4 cm³/mol. The summed E-state index contributed by atoms with van der Waals surface area (Å²) in [5, 5.41) is 12.2. The molecule has 3 rings (SSSR count). The fourth-order valence-electron chi connectivity index (χ4n) is 3.93. The van der Waals surface area contributed by atoms with Gasteiger partial charge in [0.1, 0.15) is 5.41 Å². The van der Waals surface area contributed by atoms with Crippen LogP contribution in [0.4, 0.5) is 0 Å². The third-order valence-corrected chi connectivity index (χ3v) is 5.34. The quantitative estimate of drug-likeness (QED) is 0.800. The summed E-state index contributed by atoms with van der Waals surface area (Å²) in [6.07, 6.45) is 4.57. The summed E-state index contributed by atoms with van der Waals surface area (Å²) in [5.41, 5.74) is -0.993.